The van der Waals surface area contributed by atoms with Crippen molar-refractivity contribution < 1.29 is 32.5 Å². The fourth-order valence-electron chi connectivity index (χ4n) is 3.75. The maximum Gasteiger partial charge on any atom is 0.314 e. The van der Waals surface area contributed by atoms with Crippen molar-refractivity contribution in [1.82, 2.24) is 10.2 Å². The summed E-state index contributed by atoms with van der Waals surface area (Å²) < 4.78 is 51.9. The Hall–Kier alpha value is -2.94. The Kier molecular flexibility index (Phi) is 8.30. The van der Waals surface area contributed by atoms with Crippen molar-refractivity contribution >= 4 is 5.91 Å². The molecule has 34 heavy (non-hydrogen) atoms. The van der Waals surface area contributed by atoms with Gasteiger partial charge in [-0.25, -0.2) is 4.39 Å². The fraction of sp³-hybridized carbons (Fsp3) is 0.480. The topological polar surface area (TPSA) is 71.0 Å². The van der Waals surface area contributed by atoms with Gasteiger partial charge in [0.25, 0.3) is 0 Å². The van der Waals surface area contributed by atoms with Gasteiger partial charge in [0.05, 0.1) is 0 Å². The van der Waals surface area contributed by atoms with Gasteiger partial charge in [-0.3, -0.25) is 4.79 Å². The molecule has 6 nitrogen and oxygen atoms in total. The molecule has 9 heteroatoms. The number of carbonyl (C=O) groups excluding carboxylic acids is 1. The lowest BCUT2D eigenvalue weighted by molar-refractivity contribution is -0.136. The largest absolute Gasteiger partial charge is 0.508 e. The van der Waals surface area contributed by atoms with E-state index in [-0.39, 0.29) is 41.5 Å². The molecule has 3 rings (SSSR count). The van der Waals surface area contributed by atoms with Crippen LogP contribution in [-0.4, -0.2) is 48.1 Å². The summed E-state index contributed by atoms with van der Waals surface area (Å²) in [6.45, 7) is 5.36. The number of nitrogens with one attached hydrogen (secondary N) is 1. The first-order chi connectivity index (χ1) is 16.0. The second kappa shape index (κ2) is 11.0. The zero-order valence-electron chi connectivity index (χ0n) is 19.6. The Balaban J connectivity index is 1.67. The molecule has 1 heterocycles. The zero-order chi connectivity index (χ0) is 24.9. The first-order valence-corrected chi connectivity index (χ1v) is 11.3. The van der Waals surface area contributed by atoms with Crippen LogP contribution >= 0.6 is 0 Å². The zero-order valence-corrected chi connectivity index (χ0v) is 19.6. The molecular formula is C25H31F3N2O4. The van der Waals surface area contributed by atoms with Gasteiger partial charge in [-0.2, -0.15) is 8.78 Å². The number of phenolic OH excluding ortho intramolecular Hbond substituents is 1. The lowest BCUT2D eigenvalue weighted by Gasteiger charge is -2.28. The highest BCUT2D eigenvalue weighted by atomic mass is 19.3. The Morgan fingerprint density at radius 2 is 1.88 bits per heavy atom. The van der Waals surface area contributed by atoms with Crippen LogP contribution in [0.3, 0.4) is 0 Å². The Labute approximate surface area is 197 Å². The van der Waals surface area contributed by atoms with Gasteiger partial charge in [-0.05, 0) is 41.3 Å². The number of rotatable bonds is 9. The number of aromatic hydroxyl groups is 1. The third-order valence-corrected chi connectivity index (χ3v) is 5.32. The molecule has 0 saturated heterocycles. The maximum atomic E-state index is 14.6. The lowest BCUT2D eigenvalue weighted by atomic mass is 10.1. The number of nitrogens with zero attached hydrogens (tertiary/aromatic N) is 1. The molecule has 0 spiro atoms. The molecule has 0 saturated carbocycles. The van der Waals surface area contributed by atoms with Crippen molar-refractivity contribution in [3.63, 3.8) is 0 Å². The number of halogens is 3. The van der Waals surface area contributed by atoms with E-state index in [2.05, 4.69) is 5.32 Å². The smallest absolute Gasteiger partial charge is 0.314 e. The summed E-state index contributed by atoms with van der Waals surface area (Å²) in [5, 5.41) is 12.8. The average Bonchev–Trinajstić information content (AvgIpc) is 2.91. The number of amides is 1. The van der Waals surface area contributed by atoms with E-state index in [1.54, 1.807) is 23.1 Å². The molecule has 2 aromatic rings. The van der Waals surface area contributed by atoms with Crippen molar-refractivity contribution in [2.24, 2.45) is 11.8 Å². The van der Waals surface area contributed by atoms with Crippen molar-refractivity contribution in [2.75, 3.05) is 26.3 Å². The molecule has 0 aliphatic carbocycles. The SMILES string of the molecule is CC(C)CN(Cc1cc(F)c2c(c1)OCC(F)(F)CO2)C(=O)C(C)CNCc1cccc(O)c1. The van der Waals surface area contributed by atoms with Crippen molar-refractivity contribution in [1.29, 1.82) is 0 Å². The highest BCUT2D eigenvalue weighted by Gasteiger charge is 2.36. The van der Waals surface area contributed by atoms with E-state index >= 15 is 0 Å². The number of fused-ring (bicyclic) bond motifs is 1. The number of phenols is 1. The summed E-state index contributed by atoms with van der Waals surface area (Å²) >= 11 is 0. The fourth-order valence-corrected chi connectivity index (χ4v) is 3.75. The van der Waals surface area contributed by atoms with Crippen LogP contribution in [-0.2, 0) is 17.9 Å². The highest BCUT2D eigenvalue weighted by molar-refractivity contribution is 5.78. The van der Waals surface area contributed by atoms with Gasteiger partial charge in [0.15, 0.2) is 30.5 Å². The molecule has 1 atom stereocenters. The molecular weight excluding hydrogens is 449 g/mol. The standard InChI is InChI=1S/C25H31F3N2O4/c1-16(2)12-30(24(32)17(3)10-29-11-18-5-4-6-20(31)7-18)13-19-8-21(26)23-22(9-19)33-14-25(27,28)15-34-23/h4-9,16-17,29,31H,10-15H2,1-3H3. The van der Waals surface area contributed by atoms with E-state index in [4.69, 9.17) is 9.47 Å². The second-order valence-corrected chi connectivity index (χ2v) is 9.15. The van der Waals surface area contributed by atoms with Crippen molar-refractivity contribution in [3.05, 3.63) is 53.3 Å². The Bertz CT molecular complexity index is 1000. The number of hydrogen-bond acceptors (Lipinski definition) is 5. The third-order valence-electron chi connectivity index (χ3n) is 5.32. The van der Waals surface area contributed by atoms with Crippen LogP contribution in [0.25, 0.3) is 0 Å². The van der Waals surface area contributed by atoms with Gasteiger partial charge in [0, 0.05) is 32.1 Å². The van der Waals surface area contributed by atoms with Crippen LogP contribution in [0.15, 0.2) is 36.4 Å². The predicted molar refractivity (Wildman–Crippen MR) is 122 cm³/mol. The average molecular weight is 481 g/mol. The van der Waals surface area contributed by atoms with E-state index in [1.807, 2.05) is 26.8 Å². The number of ether oxygens (including phenoxy) is 2. The molecule has 0 bridgehead atoms. The summed E-state index contributed by atoms with van der Waals surface area (Å²) in [4.78, 5) is 14.8. The van der Waals surface area contributed by atoms with Gasteiger partial charge in [-0.15, -0.1) is 0 Å². The molecule has 0 fully saturated rings. The minimum atomic E-state index is -3.22. The minimum absolute atomic E-state index is 0.0926. The monoisotopic (exact) mass is 480 g/mol. The predicted octanol–water partition coefficient (Wildman–Crippen LogP) is 4.35. The van der Waals surface area contributed by atoms with Crippen LogP contribution in [0.2, 0.25) is 0 Å². The van der Waals surface area contributed by atoms with Crippen LogP contribution in [0.4, 0.5) is 13.2 Å². The molecule has 1 unspecified atom stereocenters. The molecule has 0 radical (unpaired) electrons. The first kappa shape index (κ1) is 25.7. The van der Waals surface area contributed by atoms with Crippen LogP contribution in [0.1, 0.15) is 31.9 Å². The van der Waals surface area contributed by atoms with E-state index in [0.717, 1.165) is 5.56 Å². The quantitative estimate of drug-likeness (QED) is 0.559. The Morgan fingerprint density at radius 3 is 2.59 bits per heavy atom. The summed E-state index contributed by atoms with van der Waals surface area (Å²) in [5.74, 6) is -4.58. The summed E-state index contributed by atoms with van der Waals surface area (Å²) in [7, 11) is 0. The highest BCUT2D eigenvalue weighted by Crippen LogP contribution is 2.36. The Morgan fingerprint density at radius 1 is 1.15 bits per heavy atom. The summed E-state index contributed by atoms with van der Waals surface area (Å²) in [5.41, 5.74) is 1.32. The lowest BCUT2D eigenvalue weighted by Crippen LogP contribution is -2.40. The van der Waals surface area contributed by atoms with Crippen molar-refractivity contribution in [3.8, 4) is 17.2 Å². The molecule has 0 aromatic heterocycles. The van der Waals surface area contributed by atoms with Crippen LogP contribution in [0, 0.1) is 17.7 Å². The van der Waals surface area contributed by atoms with Gasteiger partial charge < -0.3 is 24.8 Å². The molecule has 1 amide bonds. The molecule has 2 aromatic carbocycles. The normalized spacial score (nSPS) is 15.6. The summed E-state index contributed by atoms with van der Waals surface area (Å²) in [6.07, 6.45) is 0. The first-order valence-electron chi connectivity index (χ1n) is 11.3. The van der Waals surface area contributed by atoms with Crippen molar-refractivity contribution in [2.45, 2.75) is 39.8 Å². The molecule has 1 aliphatic rings. The molecule has 2 N–H and O–H groups in total. The number of hydrogen-bond donors (Lipinski definition) is 2. The number of benzene rings is 2. The molecule has 186 valence electrons. The maximum absolute atomic E-state index is 14.6. The summed E-state index contributed by atoms with van der Waals surface area (Å²) in [6, 6.07) is 9.51. The second-order valence-electron chi connectivity index (χ2n) is 9.15. The van der Waals surface area contributed by atoms with Crippen LogP contribution < -0.4 is 14.8 Å². The van der Waals surface area contributed by atoms with E-state index in [0.29, 0.717) is 25.2 Å². The molecule has 1 aliphatic heterocycles. The minimum Gasteiger partial charge on any atom is -0.508 e. The third kappa shape index (κ3) is 7.03. The van der Waals surface area contributed by atoms with E-state index in [1.165, 1.54) is 12.1 Å². The van der Waals surface area contributed by atoms with Gasteiger partial charge >= 0.3 is 5.92 Å². The van der Waals surface area contributed by atoms with Gasteiger partial charge in [0.2, 0.25) is 5.91 Å². The number of carbonyl (C=O) groups is 1. The van der Waals surface area contributed by atoms with Gasteiger partial charge in [-0.1, -0.05) is 32.9 Å². The van der Waals surface area contributed by atoms with E-state index in [9.17, 15) is 23.1 Å². The number of alkyl halides is 2. The van der Waals surface area contributed by atoms with Crippen LogP contribution in [0.5, 0.6) is 17.2 Å². The van der Waals surface area contributed by atoms with Gasteiger partial charge in [0.1, 0.15) is 5.75 Å². The van der Waals surface area contributed by atoms with E-state index < -0.39 is 25.0 Å².